The lowest BCUT2D eigenvalue weighted by Crippen LogP contribution is -2.33. The van der Waals surface area contributed by atoms with E-state index in [-0.39, 0.29) is 6.03 Å². The summed E-state index contributed by atoms with van der Waals surface area (Å²) < 4.78 is 1.18. The van der Waals surface area contributed by atoms with E-state index in [2.05, 4.69) is 39.3 Å². The number of aryl methyl sites for hydroxylation is 1. The average molecular weight is 372 g/mol. The highest BCUT2D eigenvalue weighted by atomic mass is 127. The molecule has 0 bridgehead atoms. The molecule has 0 aromatic heterocycles. The molecule has 4 heteroatoms. The Hall–Kier alpha value is -0.780. The van der Waals surface area contributed by atoms with Gasteiger partial charge in [0.15, 0.2) is 0 Å². The highest BCUT2D eigenvalue weighted by molar-refractivity contribution is 14.1. The molecule has 1 saturated carbocycles. The molecule has 0 atom stereocenters. The van der Waals surface area contributed by atoms with Crippen LogP contribution in [0.3, 0.4) is 0 Å². The predicted octanol–water partition coefficient (Wildman–Crippen LogP) is 4.30. The molecule has 0 aliphatic heterocycles. The Bertz CT molecular complexity index is 442. The summed E-state index contributed by atoms with van der Waals surface area (Å²) in [6.07, 6.45) is 6.48. The Morgan fingerprint density at radius 1 is 1.32 bits per heavy atom. The van der Waals surface area contributed by atoms with Crippen molar-refractivity contribution in [2.45, 2.75) is 39.0 Å². The lowest BCUT2D eigenvalue weighted by atomic mass is 9.89. The molecule has 19 heavy (non-hydrogen) atoms. The number of halogens is 1. The van der Waals surface area contributed by atoms with Gasteiger partial charge in [0.2, 0.25) is 0 Å². The fraction of sp³-hybridized carbons (Fsp3) is 0.533. The van der Waals surface area contributed by atoms with Crippen molar-refractivity contribution in [2.24, 2.45) is 5.92 Å². The van der Waals surface area contributed by atoms with Gasteiger partial charge in [-0.05, 0) is 72.0 Å². The number of hydrogen-bond acceptors (Lipinski definition) is 1. The van der Waals surface area contributed by atoms with Gasteiger partial charge in [0.05, 0.1) is 0 Å². The molecule has 104 valence electrons. The molecule has 0 unspecified atom stereocenters. The lowest BCUT2D eigenvalue weighted by molar-refractivity contribution is 0.247. The molecular formula is C15H21IN2O. The minimum absolute atomic E-state index is 0.0881. The van der Waals surface area contributed by atoms with E-state index in [4.69, 9.17) is 0 Å². The second-order valence-electron chi connectivity index (χ2n) is 5.30. The van der Waals surface area contributed by atoms with E-state index < -0.39 is 0 Å². The zero-order chi connectivity index (χ0) is 13.7. The SMILES string of the molecule is Cc1cc(I)ccc1NC(=O)NCC1CCCCC1. The Balaban J connectivity index is 1.80. The average Bonchev–Trinajstić information content (AvgIpc) is 2.41. The van der Waals surface area contributed by atoms with Crippen LogP contribution in [0.5, 0.6) is 0 Å². The fourth-order valence-corrected chi connectivity index (χ4v) is 3.21. The molecule has 1 aromatic carbocycles. The first kappa shape index (κ1) is 14.6. The third kappa shape index (κ3) is 4.67. The quantitative estimate of drug-likeness (QED) is 0.764. The van der Waals surface area contributed by atoms with E-state index in [0.29, 0.717) is 5.92 Å². The molecular weight excluding hydrogens is 351 g/mol. The van der Waals surface area contributed by atoms with E-state index in [1.807, 2.05) is 19.1 Å². The van der Waals surface area contributed by atoms with Crippen molar-refractivity contribution < 1.29 is 4.79 Å². The smallest absolute Gasteiger partial charge is 0.319 e. The molecule has 0 heterocycles. The van der Waals surface area contributed by atoms with Crippen LogP contribution < -0.4 is 10.6 Å². The topological polar surface area (TPSA) is 41.1 Å². The van der Waals surface area contributed by atoms with Crippen LogP contribution in [0.4, 0.5) is 10.5 Å². The number of carbonyl (C=O) groups excluding carboxylic acids is 1. The third-order valence-corrected chi connectivity index (χ3v) is 4.38. The van der Waals surface area contributed by atoms with Gasteiger partial charge in [-0.2, -0.15) is 0 Å². The van der Waals surface area contributed by atoms with Gasteiger partial charge in [-0.1, -0.05) is 19.3 Å². The molecule has 1 fully saturated rings. The number of carbonyl (C=O) groups is 1. The molecule has 1 aromatic rings. The monoisotopic (exact) mass is 372 g/mol. The minimum atomic E-state index is -0.0881. The Labute approximate surface area is 128 Å². The molecule has 2 N–H and O–H groups in total. The number of amides is 2. The second-order valence-corrected chi connectivity index (χ2v) is 6.54. The van der Waals surface area contributed by atoms with Crippen molar-refractivity contribution in [3.05, 3.63) is 27.3 Å². The summed E-state index contributed by atoms with van der Waals surface area (Å²) in [5.74, 6) is 0.664. The largest absolute Gasteiger partial charge is 0.338 e. The number of anilines is 1. The lowest BCUT2D eigenvalue weighted by Gasteiger charge is -2.21. The molecule has 1 aliphatic carbocycles. The summed E-state index contributed by atoms with van der Waals surface area (Å²) in [6, 6.07) is 5.94. The molecule has 0 spiro atoms. The van der Waals surface area contributed by atoms with Gasteiger partial charge in [-0.3, -0.25) is 0 Å². The van der Waals surface area contributed by atoms with Crippen molar-refractivity contribution in [3.8, 4) is 0 Å². The van der Waals surface area contributed by atoms with Gasteiger partial charge in [-0.25, -0.2) is 4.79 Å². The highest BCUT2D eigenvalue weighted by Crippen LogP contribution is 2.23. The van der Waals surface area contributed by atoms with Crippen LogP contribution >= 0.6 is 22.6 Å². The molecule has 2 rings (SSSR count). The first-order valence-corrected chi connectivity index (χ1v) is 8.04. The van der Waals surface area contributed by atoms with E-state index in [1.165, 1.54) is 35.7 Å². The van der Waals surface area contributed by atoms with Gasteiger partial charge < -0.3 is 10.6 Å². The maximum atomic E-state index is 11.9. The third-order valence-electron chi connectivity index (χ3n) is 3.71. The normalized spacial score (nSPS) is 16.1. The summed E-state index contributed by atoms with van der Waals surface area (Å²) in [5, 5.41) is 5.91. The predicted molar refractivity (Wildman–Crippen MR) is 87.5 cm³/mol. The van der Waals surface area contributed by atoms with Crippen LogP contribution in [-0.2, 0) is 0 Å². The maximum Gasteiger partial charge on any atom is 0.319 e. The van der Waals surface area contributed by atoms with Gasteiger partial charge >= 0.3 is 6.03 Å². The summed E-state index contributed by atoms with van der Waals surface area (Å²) in [6.45, 7) is 2.81. The zero-order valence-corrected chi connectivity index (χ0v) is 13.5. The first-order chi connectivity index (χ1) is 9.15. The fourth-order valence-electron chi connectivity index (χ4n) is 2.56. The summed E-state index contributed by atoms with van der Waals surface area (Å²) in [5.41, 5.74) is 1.99. The number of hydrogen-bond donors (Lipinski definition) is 2. The van der Waals surface area contributed by atoms with Gasteiger partial charge in [0.25, 0.3) is 0 Å². The van der Waals surface area contributed by atoms with Gasteiger partial charge in [0, 0.05) is 15.8 Å². The van der Waals surface area contributed by atoms with E-state index in [1.54, 1.807) is 0 Å². The first-order valence-electron chi connectivity index (χ1n) is 6.96. The van der Waals surface area contributed by atoms with Crippen molar-refractivity contribution >= 4 is 34.3 Å². The Kier molecular flexibility index (Phi) is 5.48. The van der Waals surface area contributed by atoms with E-state index >= 15 is 0 Å². The molecule has 3 nitrogen and oxygen atoms in total. The van der Waals surface area contributed by atoms with Crippen LogP contribution in [0.25, 0.3) is 0 Å². The summed E-state index contributed by atoms with van der Waals surface area (Å²) in [4.78, 5) is 11.9. The Morgan fingerprint density at radius 3 is 2.74 bits per heavy atom. The van der Waals surface area contributed by atoms with Crippen molar-refractivity contribution in [2.75, 3.05) is 11.9 Å². The number of rotatable bonds is 3. The van der Waals surface area contributed by atoms with Gasteiger partial charge in [0.1, 0.15) is 0 Å². The van der Waals surface area contributed by atoms with Crippen LogP contribution in [-0.4, -0.2) is 12.6 Å². The standard InChI is InChI=1S/C15H21IN2O/c1-11-9-13(16)7-8-14(11)18-15(19)17-10-12-5-3-2-4-6-12/h7-9,12H,2-6,10H2,1H3,(H2,17,18,19). The van der Waals surface area contributed by atoms with Crippen molar-refractivity contribution in [1.29, 1.82) is 0 Å². The zero-order valence-electron chi connectivity index (χ0n) is 11.3. The van der Waals surface area contributed by atoms with Crippen LogP contribution in [0, 0.1) is 16.4 Å². The summed E-state index contributed by atoms with van der Waals surface area (Å²) in [7, 11) is 0. The molecule has 0 radical (unpaired) electrons. The second kappa shape index (κ2) is 7.12. The van der Waals surface area contributed by atoms with Gasteiger partial charge in [-0.15, -0.1) is 0 Å². The molecule has 2 amide bonds. The van der Waals surface area contributed by atoms with Crippen LogP contribution in [0.15, 0.2) is 18.2 Å². The molecule has 0 saturated heterocycles. The van der Waals surface area contributed by atoms with Crippen LogP contribution in [0.1, 0.15) is 37.7 Å². The maximum absolute atomic E-state index is 11.9. The van der Waals surface area contributed by atoms with E-state index in [9.17, 15) is 4.79 Å². The van der Waals surface area contributed by atoms with E-state index in [0.717, 1.165) is 17.8 Å². The minimum Gasteiger partial charge on any atom is -0.338 e. The number of nitrogens with one attached hydrogen (secondary N) is 2. The Morgan fingerprint density at radius 2 is 2.05 bits per heavy atom. The summed E-state index contributed by atoms with van der Waals surface area (Å²) >= 11 is 2.27. The highest BCUT2D eigenvalue weighted by Gasteiger charge is 2.14. The van der Waals surface area contributed by atoms with Crippen LogP contribution in [0.2, 0.25) is 0 Å². The number of benzene rings is 1. The van der Waals surface area contributed by atoms with Crippen molar-refractivity contribution in [1.82, 2.24) is 5.32 Å². The number of urea groups is 1. The molecule has 1 aliphatic rings. The van der Waals surface area contributed by atoms with Crippen molar-refractivity contribution in [3.63, 3.8) is 0 Å².